The first-order chi connectivity index (χ1) is 11.4. The van der Waals surface area contributed by atoms with Crippen molar-refractivity contribution in [3.63, 3.8) is 0 Å². The van der Waals surface area contributed by atoms with Gasteiger partial charge in [-0.2, -0.15) is 0 Å². The molecular formula is C19H23NO4. The van der Waals surface area contributed by atoms with Gasteiger partial charge in [0.1, 0.15) is 16.9 Å². The Labute approximate surface area is 140 Å². The maximum absolute atomic E-state index is 12.1. The molecule has 2 aromatic rings. The number of fused-ring (bicyclic) bond motifs is 1. The van der Waals surface area contributed by atoms with Crippen LogP contribution in [0, 0.1) is 12.8 Å². The second-order valence-electron chi connectivity index (χ2n) is 6.90. The summed E-state index contributed by atoms with van der Waals surface area (Å²) in [6.45, 7) is 7.90. The van der Waals surface area contributed by atoms with Gasteiger partial charge >= 0.3 is 5.63 Å². The highest BCUT2D eigenvalue weighted by atomic mass is 16.4. The Balaban J connectivity index is 2.08. The van der Waals surface area contributed by atoms with Crippen LogP contribution in [0.5, 0.6) is 5.75 Å². The Morgan fingerprint density at radius 2 is 2.00 bits per heavy atom. The van der Waals surface area contributed by atoms with Gasteiger partial charge in [0.05, 0.1) is 5.56 Å². The summed E-state index contributed by atoms with van der Waals surface area (Å²) in [6.07, 6.45) is 2.26. The van der Waals surface area contributed by atoms with Crippen LogP contribution in [0.3, 0.4) is 0 Å². The molecule has 1 saturated heterocycles. The molecule has 0 amide bonds. The highest BCUT2D eigenvalue weighted by Crippen LogP contribution is 2.32. The van der Waals surface area contributed by atoms with E-state index in [0.717, 1.165) is 37.4 Å². The van der Waals surface area contributed by atoms with Gasteiger partial charge in [-0.3, -0.25) is 9.69 Å². The van der Waals surface area contributed by atoms with Crippen LogP contribution in [-0.4, -0.2) is 28.9 Å². The molecule has 2 heterocycles. The van der Waals surface area contributed by atoms with E-state index in [1.54, 1.807) is 12.1 Å². The Morgan fingerprint density at radius 1 is 1.33 bits per heavy atom. The molecule has 5 nitrogen and oxygen atoms in total. The normalized spacial score (nSPS) is 16.6. The molecule has 0 spiro atoms. The molecule has 0 radical (unpaired) electrons. The number of carbonyl (C=O) groups excluding carboxylic acids is 1. The predicted octanol–water partition coefficient (Wildman–Crippen LogP) is 3.24. The number of nitrogens with zero attached hydrogens (tertiary/aromatic N) is 1. The minimum absolute atomic E-state index is 0.0500. The molecule has 0 atom stereocenters. The molecule has 1 aromatic heterocycles. The van der Waals surface area contributed by atoms with E-state index in [1.807, 2.05) is 6.92 Å². The van der Waals surface area contributed by atoms with E-state index in [4.69, 9.17) is 4.42 Å². The lowest BCUT2D eigenvalue weighted by Gasteiger charge is -2.30. The summed E-state index contributed by atoms with van der Waals surface area (Å²) in [6, 6.07) is 3.26. The fourth-order valence-electron chi connectivity index (χ4n) is 3.32. The van der Waals surface area contributed by atoms with E-state index in [0.29, 0.717) is 23.1 Å². The van der Waals surface area contributed by atoms with Crippen molar-refractivity contribution in [1.82, 2.24) is 4.90 Å². The van der Waals surface area contributed by atoms with Gasteiger partial charge < -0.3 is 9.52 Å². The third-order valence-corrected chi connectivity index (χ3v) is 4.95. The summed E-state index contributed by atoms with van der Waals surface area (Å²) in [7, 11) is 0. The molecule has 0 bridgehead atoms. The lowest BCUT2D eigenvalue weighted by Crippen LogP contribution is -2.32. The molecule has 1 aliphatic rings. The quantitative estimate of drug-likeness (QED) is 0.691. The Morgan fingerprint density at radius 3 is 2.62 bits per heavy atom. The highest BCUT2D eigenvalue weighted by Gasteiger charge is 2.21. The zero-order valence-corrected chi connectivity index (χ0v) is 14.4. The second kappa shape index (κ2) is 6.40. The number of hydrogen-bond donors (Lipinski definition) is 1. The number of hydrogen-bond acceptors (Lipinski definition) is 5. The van der Waals surface area contributed by atoms with Gasteiger partial charge in [0, 0.05) is 11.9 Å². The molecule has 24 heavy (non-hydrogen) atoms. The van der Waals surface area contributed by atoms with E-state index in [9.17, 15) is 14.7 Å². The van der Waals surface area contributed by atoms with Crippen molar-refractivity contribution < 1.29 is 14.3 Å². The van der Waals surface area contributed by atoms with Gasteiger partial charge in [0.25, 0.3) is 0 Å². The largest absolute Gasteiger partial charge is 0.507 e. The number of aryl methyl sites for hydroxylation is 1. The topological polar surface area (TPSA) is 70.8 Å². The summed E-state index contributed by atoms with van der Waals surface area (Å²) in [5.41, 5.74) is 1.20. The van der Waals surface area contributed by atoms with Gasteiger partial charge in [0.2, 0.25) is 0 Å². The smallest absolute Gasteiger partial charge is 0.347 e. The number of aromatic hydroxyl groups is 1. The maximum atomic E-state index is 12.1. The molecule has 0 saturated carbocycles. The van der Waals surface area contributed by atoms with E-state index in [2.05, 4.69) is 11.8 Å². The summed E-state index contributed by atoms with van der Waals surface area (Å²) in [4.78, 5) is 26.0. The highest BCUT2D eigenvalue weighted by molar-refractivity contribution is 5.97. The summed E-state index contributed by atoms with van der Waals surface area (Å²) in [5, 5.41) is 11.1. The number of Topliss-reactive ketones (excluding diaryl/α,β-unsaturated/α-hetero) is 1. The number of carbonyl (C=O) groups is 1. The van der Waals surface area contributed by atoms with Crippen LogP contribution < -0.4 is 5.63 Å². The number of likely N-dealkylation sites (tertiary alicyclic amines) is 1. The fourth-order valence-corrected chi connectivity index (χ4v) is 3.32. The number of piperidine rings is 1. The molecule has 1 aliphatic heterocycles. The Hall–Kier alpha value is -2.14. The minimum atomic E-state index is -0.645. The zero-order chi connectivity index (χ0) is 17.4. The van der Waals surface area contributed by atoms with Gasteiger partial charge in [-0.1, -0.05) is 6.92 Å². The number of rotatable bonds is 3. The summed E-state index contributed by atoms with van der Waals surface area (Å²) in [5.74, 6) is 0.544. The first-order valence-corrected chi connectivity index (χ1v) is 8.39. The third-order valence-electron chi connectivity index (χ3n) is 4.95. The van der Waals surface area contributed by atoms with Crippen LogP contribution in [0.15, 0.2) is 21.3 Å². The molecule has 1 fully saturated rings. The van der Waals surface area contributed by atoms with Crippen molar-refractivity contribution >= 4 is 16.8 Å². The predicted molar refractivity (Wildman–Crippen MR) is 92.6 cm³/mol. The SMILES string of the molecule is CC(=O)c1cc2c(C)cc(O)c(CN3CCC(C)CC3)c2oc1=O. The van der Waals surface area contributed by atoms with E-state index in [1.165, 1.54) is 6.92 Å². The first kappa shape index (κ1) is 16.7. The Kier molecular flexibility index (Phi) is 4.45. The summed E-state index contributed by atoms with van der Waals surface area (Å²) >= 11 is 0. The fraction of sp³-hybridized carbons (Fsp3) is 0.474. The number of benzene rings is 1. The van der Waals surface area contributed by atoms with Crippen molar-refractivity contribution in [2.24, 2.45) is 5.92 Å². The van der Waals surface area contributed by atoms with Gasteiger partial charge in [-0.25, -0.2) is 4.79 Å². The monoisotopic (exact) mass is 329 g/mol. The first-order valence-electron chi connectivity index (χ1n) is 8.39. The van der Waals surface area contributed by atoms with Gasteiger partial charge in [-0.15, -0.1) is 0 Å². The molecule has 1 aromatic carbocycles. The van der Waals surface area contributed by atoms with Crippen LogP contribution in [0.1, 0.15) is 48.2 Å². The van der Waals surface area contributed by atoms with Gasteiger partial charge in [-0.05, 0) is 63.4 Å². The standard InChI is InChI=1S/C19H23NO4/c1-11-4-6-20(7-5-11)10-16-17(22)8-12(2)14-9-15(13(3)21)19(23)24-18(14)16/h8-9,11,22H,4-7,10H2,1-3H3. The molecule has 1 N–H and O–H groups in total. The van der Waals surface area contributed by atoms with E-state index in [-0.39, 0.29) is 17.1 Å². The maximum Gasteiger partial charge on any atom is 0.347 e. The molecule has 0 aliphatic carbocycles. The van der Waals surface area contributed by atoms with Crippen LogP contribution in [0.4, 0.5) is 0 Å². The van der Waals surface area contributed by atoms with Crippen LogP contribution in [-0.2, 0) is 6.54 Å². The molecule has 0 unspecified atom stereocenters. The molecule has 5 heteroatoms. The third kappa shape index (κ3) is 3.08. The average molecular weight is 329 g/mol. The number of phenols is 1. The summed E-state index contributed by atoms with van der Waals surface area (Å²) < 4.78 is 5.45. The number of ketones is 1. The van der Waals surface area contributed by atoms with Crippen molar-refractivity contribution in [3.8, 4) is 5.75 Å². The lowest BCUT2D eigenvalue weighted by molar-refractivity contribution is 0.101. The molecule has 3 rings (SSSR count). The van der Waals surface area contributed by atoms with E-state index < -0.39 is 5.63 Å². The Bertz CT molecular complexity index is 845. The van der Waals surface area contributed by atoms with Crippen molar-refractivity contribution in [1.29, 1.82) is 0 Å². The lowest BCUT2D eigenvalue weighted by atomic mass is 9.97. The van der Waals surface area contributed by atoms with Gasteiger partial charge in [0.15, 0.2) is 5.78 Å². The van der Waals surface area contributed by atoms with E-state index >= 15 is 0 Å². The van der Waals surface area contributed by atoms with Crippen molar-refractivity contribution in [3.05, 3.63) is 39.2 Å². The van der Waals surface area contributed by atoms with Crippen molar-refractivity contribution in [2.75, 3.05) is 13.1 Å². The second-order valence-corrected chi connectivity index (χ2v) is 6.90. The minimum Gasteiger partial charge on any atom is -0.507 e. The molecule has 128 valence electrons. The molecular weight excluding hydrogens is 306 g/mol. The van der Waals surface area contributed by atoms with Crippen LogP contribution >= 0.6 is 0 Å². The number of phenolic OH excluding ortho intramolecular Hbond substituents is 1. The zero-order valence-electron chi connectivity index (χ0n) is 14.4. The average Bonchev–Trinajstić information content (AvgIpc) is 2.52. The van der Waals surface area contributed by atoms with Crippen molar-refractivity contribution in [2.45, 2.75) is 40.2 Å². The van der Waals surface area contributed by atoms with Crippen LogP contribution in [0.2, 0.25) is 0 Å². The van der Waals surface area contributed by atoms with Crippen LogP contribution in [0.25, 0.3) is 11.0 Å².